The monoisotopic (exact) mass is 502 g/mol. The first kappa shape index (κ1) is 25.3. The number of carbonyl (C=O) groups is 1. The summed E-state index contributed by atoms with van der Waals surface area (Å²) in [7, 11) is -3.87. The number of benzene rings is 3. The maximum Gasteiger partial charge on any atom is 0.242 e. The zero-order valence-corrected chi connectivity index (χ0v) is 21.1. The fourth-order valence-electron chi connectivity index (χ4n) is 3.18. The van der Waals surface area contributed by atoms with Crippen LogP contribution in [0.3, 0.4) is 0 Å². The molecule has 3 aromatic carbocycles. The van der Waals surface area contributed by atoms with E-state index in [4.69, 9.17) is 11.6 Å². The summed E-state index contributed by atoms with van der Waals surface area (Å²) in [5.41, 5.74) is 1.49. The molecule has 0 bridgehead atoms. The van der Waals surface area contributed by atoms with Gasteiger partial charge in [-0.1, -0.05) is 73.1 Å². The van der Waals surface area contributed by atoms with E-state index in [2.05, 4.69) is 10.0 Å². The molecule has 0 saturated carbocycles. The van der Waals surface area contributed by atoms with Gasteiger partial charge in [-0.15, -0.1) is 0 Å². The zero-order chi connectivity index (χ0) is 24.0. The molecule has 3 rings (SSSR count). The Balaban J connectivity index is 1.84. The Kier molecular flexibility index (Phi) is 8.59. The number of rotatable bonds is 9. The highest BCUT2D eigenvalue weighted by Gasteiger charge is 2.27. The number of aryl methyl sites for hydroxylation is 1. The Morgan fingerprint density at radius 2 is 1.67 bits per heavy atom. The summed E-state index contributed by atoms with van der Waals surface area (Å²) >= 11 is 7.68. The quantitative estimate of drug-likeness (QED) is 0.369. The van der Waals surface area contributed by atoms with E-state index in [9.17, 15) is 13.2 Å². The van der Waals surface area contributed by atoms with Crippen LogP contribution in [-0.4, -0.2) is 20.4 Å². The van der Waals surface area contributed by atoms with Gasteiger partial charge in [0.15, 0.2) is 0 Å². The maximum absolute atomic E-state index is 13.2. The fraction of sp³-hybridized carbons (Fsp3) is 0.240. The van der Waals surface area contributed by atoms with Crippen LogP contribution in [0.15, 0.2) is 87.5 Å². The van der Waals surface area contributed by atoms with Crippen LogP contribution in [0.5, 0.6) is 0 Å². The lowest BCUT2D eigenvalue weighted by atomic mass is 10.0. The fourth-order valence-corrected chi connectivity index (χ4v) is 5.46. The van der Waals surface area contributed by atoms with Gasteiger partial charge < -0.3 is 5.32 Å². The topological polar surface area (TPSA) is 75.3 Å². The molecular formula is C25H27ClN2O3S2. The second-order valence-electron chi connectivity index (χ2n) is 8.16. The molecule has 0 heterocycles. The number of hydrogen-bond acceptors (Lipinski definition) is 4. The van der Waals surface area contributed by atoms with Gasteiger partial charge in [0.1, 0.15) is 6.04 Å². The molecule has 0 aliphatic heterocycles. The third kappa shape index (κ3) is 7.33. The Hall–Kier alpha value is -2.32. The van der Waals surface area contributed by atoms with Crippen molar-refractivity contribution in [1.29, 1.82) is 0 Å². The molecule has 0 aliphatic rings. The van der Waals surface area contributed by atoms with Gasteiger partial charge >= 0.3 is 0 Å². The average Bonchev–Trinajstić information content (AvgIpc) is 2.76. The van der Waals surface area contributed by atoms with Crippen LogP contribution in [0.2, 0.25) is 5.02 Å². The van der Waals surface area contributed by atoms with Crippen molar-refractivity contribution >= 4 is 45.0 Å². The van der Waals surface area contributed by atoms with Gasteiger partial charge in [0.2, 0.25) is 15.9 Å². The van der Waals surface area contributed by atoms with Crippen LogP contribution < -0.4 is 10.0 Å². The summed E-state index contributed by atoms with van der Waals surface area (Å²) in [4.78, 5) is 15.2. The van der Waals surface area contributed by atoms with Crippen molar-refractivity contribution in [2.45, 2.75) is 47.9 Å². The van der Waals surface area contributed by atoms with E-state index < -0.39 is 22.0 Å². The van der Waals surface area contributed by atoms with Gasteiger partial charge in [-0.3, -0.25) is 4.79 Å². The maximum atomic E-state index is 13.2. The standard InChI is InChI=1S/C25H27ClN2O3S2/c1-17(2)15-23(28-33(30,31)21-12-9-18(3)10-13-21)25(29)27-22-16-19(26)11-14-24(22)32-20-7-5-4-6-8-20/h4-14,16-17,23,28H,15H2,1-3H3,(H,27,29). The van der Waals surface area contributed by atoms with E-state index in [1.807, 2.05) is 57.2 Å². The number of halogens is 1. The Morgan fingerprint density at radius 3 is 2.30 bits per heavy atom. The van der Waals surface area contributed by atoms with Gasteiger partial charge in [-0.2, -0.15) is 4.72 Å². The smallest absolute Gasteiger partial charge is 0.242 e. The normalized spacial score (nSPS) is 12.5. The van der Waals surface area contributed by atoms with Crippen LogP contribution in [0, 0.1) is 12.8 Å². The number of sulfonamides is 1. The summed E-state index contributed by atoms with van der Waals surface area (Å²) < 4.78 is 28.5. The van der Waals surface area contributed by atoms with Crippen molar-refractivity contribution < 1.29 is 13.2 Å². The molecule has 1 amide bonds. The summed E-state index contributed by atoms with van der Waals surface area (Å²) in [5.74, 6) is -0.337. The lowest BCUT2D eigenvalue weighted by molar-refractivity contribution is -0.118. The summed E-state index contributed by atoms with van der Waals surface area (Å²) in [6.45, 7) is 5.77. The van der Waals surface area contributed by atoms with Crippen LogP contribution in [-0.2, 0) is 14.8 Å². The molecule has 0 fully saturated rings. The molecule has 2 N–H and O–H groups in total. The van der Waals surface area contributed by atoms with Crippen molar-refractivity contribution in [2.24, 2.45) is 5.92 Å². The second-order valence-corrected chi connectivity index (χ2v) is 11.4. The lowest BCUT2D eigenvalue weighted by Gasteiger charge is -2.21. The van der Waals surface area contributed by atoms with Gasteiger partial charge in [-0.25, -0.2) is 8.42 Å². The third-order valence-corrected chi connectivity index (χ3v) is 7.63. The average molecular weight is 503 g/mol. The molecule has 174 valence electrons. The number of amides is 1. The van der Waals surface area contributed by atoms with Crippen molar-refractivity contribution in [1.82, 2.24) is 4.72 Å². The minimum absolute atomic E-state index is 0.0963. The van der Waals surface area contributed by atoms with E-state index >= 15 is 0 Å². The lowest BCUT2D eigenvalue weighted by Crippen LogP contribution is -2.44. The van der Waals surface area contributed by atoms with E-state index in [0.29, 0.717) is 17.1 Å². The summed E-state index contributed by atoms with van der Waals surface area (Å²) in [6.07, 6.45) is 0.346. The van der Waals surface area contributed by atoms with Gasteiger partial charge in [-0.05, 0) is 61.7 Å². The summed E-state index contributed by atoms with van der Waals surface area (Å²) in [6, 6.07) is 20.6. The van der Waals surface area contributed by atoms with Gasteiger partial charge in [0.05, 0.1) is 10.6 Å². The van der Waals surface area contributed by atoms with Crippen LogP contribution in [0.1, 0.15) is 25.8 Å². The molecular weight excluding hydrogens is 476 g/mol. The second kappa shape index (κ2) is 11.2. The number of hydrogen-bond donors (Lipinski definition) is 2. The van der Waals surface area contributed by atoms with Crippen molar-refractivity contribution in [2.75, 3.05) is 5.32 Å². The first-order valence-electron chi connectivity index (χ1n) is 10.6. The Labute approximate surface area is 205 Å². The SMILES string of the molecule is Cc1ccc(S(=O)(=O)NC(CC(C)C)C(=O)Nc2cc(Cl)ccc2Sc2ccccc2)cc1. The predicted octanol–water partition coefficient (Wildman–Crippen LogP) is 6.13. The largest absolute Gasteiger partial charge is 0.324 e. The van der Waals surface area contributed by atoms with Crippen LogP contribution in [0.25, 0.3) is 0 Å². The van der Waals surface area contributed by atoms with Crippen molar-refractivity contribution in [3.05, 3.63) is 83.4 Å². The van der Waals surface area contributed by atoms with E-state index in [1.54, 1.807) is 24.3 Å². The first-order chi connectivity index (χ1) is 15.6. The molecule has 0 aromatic heterocycles. The number of carbonyl (C=O) groups excluding carboxylic acids is 1. The highest BCUT2D eigenvalue weighted by Crippen LogP contribution is 2.35. The number of nitrogens with one attached hydrogen (secondary N) is 2. The Bertz CT molecular complexity index is 1200. The highest BCUT2D eigenvalue weighted by molar-refractivity contribution is 7.99. The van der Waals surface area contributed by atoms with Crippen LogP contribution >= 0.6 is 23.4 Å². The third-order valence-electron chi connectivity index (χ3n) is 4.82. The zero-order valence-electron chi connectivity index (χ0n) is 18.7. The molecule has 0 saturated heterocycles. The highest BCUT2D eigenvalue weighted by atomic mass is 35.5. The number of anilines is 1. The molecule has 1 atom stereocenters. The minimum atomic E-state index is -3.87. The van der Waals surface area contributed by atoms with E-state index in [0.717, 1.165) is 15.4 Å². The molecule has 5 nitrogen and oxygen atoms in total. The predicted molar refractivity (Wildman–Crippen MR) is 135 cm³/mol. The van der Waals surface area contributed by atoms with Gasteiger partial charge in [0.25, 0.3) is 0 Å². The van der Waals surface area contributed by atoms with Crippen molar-refractivity contribution in [3.8, 4) is 0 Å². The van der Waals surface area contributed by atoms with E-state index in [-0.39, 0.29) is 10.8 Å². The first-order valence-corrected chi connectivity index (χ1v) is 13.2. The molecule has 3 aromatic rings. The molecule has 8 heteroatoms. The van der Waals surface area contributed by atoms with Crippen LogP contribution in [0.4, 0.5) is 5.69 Å². The molecule has 1 unspecified atom stereocenters. The molecule has 33 heavy (non-hydrogen) atoms. The summed E-state index contributed by atoms with van der Waals surface area (Å²) in [5, 5.41) is 3.36. The molecule has 0 aliphatic carbocycles. The van der Waals surface area contributed by atoms with Gasteiger partial charge in [0, 0.05) is 14.8 Å². The molecule has 0 spiro atoms. The molecule has 0 radical (unpaired) electrons. The minimum Gasteiger partial charge on any atom is -0.324 e. The Morgan fingerprint density at radius 1 is 1.00 bits per heavy atom. The van der Waals surface area contributed by atoms with Crippen molar-refractivity contribution in [3.63, 3.8) is 0 Å². The van der Waals surface area contributed by atoms with E-state index in [1.165, 1.54) is 23.9 Å².